The fourth-order valence-corrected chi connectivity index (χ4v) is 2.08. The summed E-state index contributed by atoms with van der Waals surface area (Å²) >= 11 is 12.0. The molecule has 2 heterocycles. The zero-order chi connectivity index (χ0) is 14.7. The quantitative estimate of drug-likeness (QED) is 0.800. The van der Waals surface area contributed by atoms with Crippen LogP contribution in [0.5, 0.6) is 0 Å². The minimum absolute atomic E-state index is 0.0946. The van der Waals surface area contributed by atoms with E-state index < -0.39 is 0 Å². The van der Waals surface area contributed by atoms with Crippen LogP contribution in [0.3, 0.4) is 0 Å². The minimum atomic E-state index is 0.0946. The van der Waals surface area contributed by atoms with Gasteiger partial charge in [0.1, 0.15) is 0 Å². The molecule has 0 spiro atoms. The zero-order valence-electron chi connectivity index (χ0n) is 10.7. The Morgan fingerprint density at radius 3 is 2.67 bits per heavy atom. The predicted molar refractivity (Wildman–Crippen MR) is 80.7 cm³/mol. The normalized spacial score (nSPS) is 10.6. The SMILES string of the molecule is Clc1nc(NCc2ccccc2Cl)nc(-n2cccn2)n1. The highest BCUT2D eigenvalue weighted by molar-refractivity contribution is 6.31. The van der Waals surface area contributed by atoms with Gasteiger partial charge in [0.05, 0.1) is 0 Å². The van der Waals surface area contributed by atoms with Gasteiger partial charge in [0, 0.05) is 24.0 Å². The number of rotatable bonds is 4. The Kier molecular flexibility index (Phi) is 3.98. The highest BCUT2D eigenvalue weighted by Crippen LogP contribution is 2.16. The van der Waals surface area contributed by atoms with Crippen LogP contribution < -0.4 is 5.32 Å². The third-order valence-corrected chi connectivity index (χ3v) is 3.24. The summed E-state index contributed by atoms with van der Waals surface area (Å²) in [6.45, 7) is 0.485. The molecule has 8 heteroatoms. The number of hydrogen-bond acceptors (Lipinski definition) is 5. The molecule has 0 saturated heterocycles. The maximum Gasteiger partial charge on any atom is 0.256 e. The van der Waals surface area contributed by atoms with Gasteiger partial charge in [-0.25, -0.2) is 4.68 Å². The van der Waals surface area contributed by atoms with Crippen molar-refractivity contribution in [2.45, 2.75) is 6.54 Å². The third-order valence-electron chi connectivity index (χ3n) is 2.70. The van der Waals surface area contributed by atoms with Gasteiger partial charge < -0.3 is 5.32 Å². The van der Waals surface area contributed by atoms with E-state index in [0.29, 0.717) is 23.5 Å². The van der Waals surface area contributed by atoms with Crippen LogP contribution in [0.2, 0.25) is 10.3 Å². The van der Waals surface area contributed by atoms with Crippen molar-refractivity contribution in [2.75, 3.05) is 5.32 Å². The van der Waals surface area contributed by atoms with Gasteiger partial charge in [-0.3, -0.25) is 0 Å². The highest BCUT2D eigenvalue weighted by atomic mass is 35.5. The minimum Gasteiger partial charge on any atom is -0.350 e. The molecule has 0 unspecified atom stereocenters. The molecule has 0 radical (unpaired) electrons. The molecular formula is C13H10Cl2N6. The summed E-state index contributed by atoms with van der Waals surface area (Å²) in [6, 6.07) is 9.31. The Hall–Kier alpha value is -2.18. The zero-order valence-corrected chi connectivity index (χ0v) is 12.3. The number of anilines is 1. The molecule has 1 aromatic carbocycles. The van der Waals surface area contributed by atoms with E-state index in [2.05, 4.69) is 25.4 Å². The number of halogens is 2. The van der Waals surface area contributed by atoms with Crippen molar-refractivity contribution in [3.8, 4) is 5.95 Å². The highest BCUT2D eigenvalue weighted by Gasteiger charge is 2.07. The van der Waals surface area contributed by atoms with E-state index in [1.54, 1.807) is 18.5 Å². The second-order valence-corrected chi connectivity index (χ2v) is 4.87. The van der Waals surface area contributed by atoms with Gasteiger partial charge >= 0.3 is 0 Å². The number of nitrogens with one attached hydrogen (secondary N) is 1. The van der Waals surface area contributed by atoms with E-state index in [1.165, 1.54) is 4.68 Å². The number of nitrogens with zero attached hydrogens (tertiary/aromatic N) is 5. The molecule has 0 bridgehead atoms. The van der Waals surface area contributed by atoms with E-state index in [9.17, 15) is 0 Å². The monoisotopic (exact) mass is 320 g/mol. The van der Waals surface area contributed by atoms with Gasteiger partial charge in [0.25, 0.3) is 5.95 Å². The van der Waals surface area contributed by atoms with Gasteiger partial charge in [0.2, 0.25) is 11.2 Å². The Morgan fingerprint density at radius 1 is 1.05 bits per heavy atom. The van der Waals surface area contributed by atoms with Gasteiger partial charge in [-0.1, -0.05) is 29.8 Å². The van der Waals surface area contributed by atoms with Crippen LogP contribution in [-0.4, -0.2) is 24.7 Å². The number of benzene rings is 1. The topological polar surface area (TPSA) is 68.5 Å². The Balaban J connectivity index is 1.81. The van der Waals surface area contributed by atoms with Crippen molar-refractivity contribution in [3.63, 3.8) is 0 Å². The van der Waals surface area contributed by atoms with E-state index in [1.807, 2.05) is 24.3 Å². The van der Waals surface area contributed by atoms with E-state index >= 15 is 0 Å². The van der Waals surface area contributed by atoms with Crippen LogP contribution in [-0.2, 0) is 6.54 Å². The summed E-state index contributed by atoms with van der Waals surface area (Å²) in [7, 11) is 0. The van der Waals surface area contributed by atoms with Crippen LogP contribution in [0.25, 0.3) is 5.95 Å². The Labute approximate surface area is 130 Å². The van der Waals surface area contributed by atoms with Crippen molar-refractivity contribution in [2.24, 2.45) is 0 Å². The second-order valence-electron chi connectivity index (χ2n) is 4.12. The molecule has 0 amide bonds. The maximum absolute atomic E-state index is 6.10. The first-order chi connectivity index (χ1) is 10.2. The Bertz CT molecular complexity index is 744. The van der Waals surface area contributed by atoms with Crippen molar-refractivity contribution >= 4 is 29.2 Å². The predicted octanol–water partition coefficient (Wildman–Crippen LogP) is 2.98. The summed E-state index contributed by atoms with van der Waals surface area (Å²) in [6.07, 6.45) is 3.36. The third kappa shape index (κ3) is 3.29. The summed E-state index contributed by atoms with van der Waals surface area (Å²) < 4.78 is 1.51. The van der Waals surface area contributed by atoms with Crippen LogP contribution in [0, 0.1) is 0 Å². The van der Waals surface area contributed by atoms with Crippen molar-refractivity contribution < 1.29 is 0 Å². The molecule has 6 nitrogen and oxygen atoms in total. The largest absolute Gasteiger partial charge is 0.350 e. The van der Waals surface area contributed by atoms with Crippen molar-refractivity contribution in [1.29, 1.82) is 0 Å². The van der Waals surface area contributed by atoms with Gasteiger partial charge in [-0.2, -0.15) is 20.1 Å². The first-order valence-corrected chi connectivity index (χ1v) is 6.87. The lowest BCUT2D eigenvalue weighted by atomic mass is 10.2. The molecule has 1 N–H and O–H groups in total. The molecule has 2 aromatic heterocycles. The van der Waals surface area contributed by atoms with Gasteiger partial charge in [-0.05, 0) is 29.3 Å². The molecule has 106 valence electrons. The molecule has 0 saturated carbocycles. The molecule has 3 aromatic rings. The van der Waals surface area contributed by atoms with E-state index in [4.69, 9.17) is 23.2 Å². The summed E-state index contributed by atoms with van der Waals surface area (Å²) in [4.78, 5) is 12.3. The first-order valence-electron chi connectivity index (χ1n) is 6.11. The summed E-state index contributed by atoms with van der Waals surface area (Å²) in [5.74, 6) is 0.710. The Morgan fingerprint density at radius 2 is 1.90 bits per heavy atom. The fourth-order valence-electron chi connectivity index (χ4n) is 1.72. The number of aromatic nitrogens is 5. The van der Waals surface area contributed by atoms with E-state index in [0.717, 1.165) is 5.56 Å². The summed E-state index contributed by atoms with van der Waals surface area (Å²) in [5, 5.41) is 7.90. The van der Waals surface area contributed by atoms with Crippen LogP contribution >= 0.6 is 23.2 Å². The molecule has 0 fully saturated rings. The molecule has 3 rings (SSSR count). The molecular weight excluding hydrogens is 311 g/mol. The molecule has 0 aliphatic carbocycles. The van der Waals surface area contributed by atoms with Crippen LogP contribution in [0.4, 0.5) is 5.95 Å². The lowest BCUT2D eigenvalue weighted by molar-refractivity contribution is 0.795. The smallest absolute Gasteiger partial charge is 0.256 e. The van der Waals surface area contributed by atoms with Crippen LogP contribution in [0.1, 0.15) is 5.56 Å². The van der Waals surface area contributed by atoms with Gasteiger partial charge in [0.15, 0.2) is 0 Å². The summed E-state index contributed by atoms with van der Waals surface area (Å²) in [5.41, 5.74) is 0.941. The lowest BCUT2D eigenvalue weighted by Gasteiger charge is -2.08. The van der Waals surface area contributed by atoms with Crippen LogP contribution in [0.15, 0.2) is 42.7 Å². The average molecular weight is 321 g/mol. The molecule has 0 aliphatic rings. The molecule has 0 atom stereocenters. The first kappa shape index (κ1) is 13.8. The molecule has 0 aliphatic heterocycles. The average Bonchev–Trinajstić information content (AvgIpc) is 3.00. The van der Waals surface area contributed by atoms with Crippen molar-refractivity contribution in [3.05, 3.63) is 58.6 Å². The van der Waals surface area contributed by atoms with E-state index in [-0.39, 0.29) is 5.28 Å². The second kappa shape index (κ2) is 6.07. The fraction of sp³-hybridized carbons (Fsp3) is 0.0769. The van der Waals surface area contributed by atoms with Crippen molar-refractivity contribution in [1.82, 2.24) is 24.7 Å². The lowest BCUT2D eigenvalue weighted by Crippen LogP contribution is -2.09. The number of hydrogen-bond donors (Lipinski definition) is 1. The molecule has 21 heavy (non-hydrogen) atoms. The van der Waals surface area contributed by atoms with Gasteiger partial charge in [-0.15, -0.1) is 0 Å². The standard InChI is InChI=1S/C13H10Cl2N6/c14-10-5-2-1-4-9(10)8-16-12-18-11(15)19-13(20-12)21-7-3-6-17-21/h1-7H,8H2,(H,16,18,19,20). The maximum atomic E-state index is 6.10.